The molecule has 3 atom stereocenters. The summed E-state index contributed by atoms with van der Waals surface area (Å²) in [6.45, 7) is 7.25. The van der Waals surface area contributed by atoms with E-state index in [2.05, 4.69) is 10.6 Å². The van der Waals surface area contributed by atoms with Gasteiger partial charge in [0.25, 0.3) is 0 Å². The van der Waals surface area contributed by atoms with Crippen molar-refractivity contribution in [2.45, 2.75) is 45.7 Å². The fraction of sp³-hybridized carbons (Fsp3) is 0.565. The largest absolute Gasteiger partial charge is 0.354 e. The molecule has 2 aliphatic heterocycles. The lowest BCUT2D eigenvalue weighted by atomic mass is 10.1. The third-order valence-electron chi connectivity index (χ3n) is 6.15. The molecule has 0 bridgehead atoms. The summed E-state index contributed by atoms with van der Waals surface area (Å²) in [6, 6.07) is 9.77. The molecule has 2 fully saturated rings. The van der Waals surface area contributed by atoms with E-state index in [4.69, 9.17) is 0 Å². The van der Waals surface area contributed by atoms with Crippen LogP contribution in [0.25, 0.3) is 0 Å². The highest BCUT2D eigenvalue weighted by molar-refractivity contribution is 5.90. The molecule has 2 N–H and O–H groups in total. The Morgan fingerprint density at radius 1 is 0.871 bits per heavy atom. The molecule has 0 aliphatic carbocycles. The molecule has 8 nitrogen and oxygen atoms in total. The molecule has 0 aromatic heterocycles. The van der Waals surface area contributed by atoms with Gasteiger partial charge in [-0.05, 0) is 26.3 Å². The lowest BCUT2D eigenvalue weighted by Crippen LogP contribution is -2.41. The van der Waals surface area contributed by atoms with Crippen LogP contribution >= 0.6 is 0 Å². The molecular weight excluding hydrogens is 396 g/mol. The van der Waals surface area contributed by atoms with Gasteiger partial charge in [-0.15, -0.1) is 0 Å². The molecule has 3 unspecified atom stereocenters. The molecule has 4 amide bonds. The van der Waals surface area contributed by atoms with Crippen LogP contribution in [0.15, 0.2) is 30.3 Å². The second-order valence-corrected chi connectivity index (χ2v) is 8.66. The summed E-state index contributed by atoms with van der Waals surface area (Å²) in [5.74, 6) is -1.08. The number of amides is 4. The molecular formula is C23H32N4O4. The zero-order valence-corrected chi connectivity index (χ0v) is 18.5. The number of nitrogens with zero attached hydrogens (tertiary/aromatic N) is 2. The van der Waals surface area contributed by atoms with Crippen LogP contribution in [-0.4, -0.2) is 65.6 Å². The van der Waals surface area contributed by atoms with E-state index in [1.807, 2.05) is 51.1 Å². The van der Waals surface area contributed by atoms with Gasteiger partial charge in [-0.2, -0.15) is 0 Å². The molecule has 1 aromatic rings. The number of nitrogens with one attached hydrogen (secondary N) is 2. The van der Waals surface area contributed by atoms with Crippen LogP contribution in [0.5, 0.6) is 0 Å². The maximum Gasteiger partial charge on any atom is 0.225 e. The van der Waals surface area contributed by atoms with Gasteiger partial charge in [0, 0.05) is 45.1 Å². The van der Waals surface area contributed by atoms with Crippen LogP contribution in [0.4, 0.5) is 0 Å². The Bertz CT molecular complexity index is 826. The van der Waals surface area contributed by atoms with E-state index in [-0.39, 0.29) is 66.9 Å². The molecule has 0 saturated carbocycles. The second kappa shape index (κ2) is 9.94. The van der Waals surface area contributed by atoms with Gasteiger partial charge >= 0.3 is 0 Å². The van der Waals surface area contributed by atoms with Gasteiger partial charge in [-0.3, -0.25) is 19.2 Å². The lowest BCUT2D eigenvalue weighted by molar-refractivity contribution is -0.130. The van der Waals surface area contributed by atoms with Crippen molar-refractivity contribution in [3.8, 4) is 0 Å². The Labute approximate surface area is 183 Å². The highest BCUT2D eigenvalue weighted by Crippen LogP contribution is 2.28. The van der Waals surface area contributed by atoms with Crippen molar-refractivity contribution in [3.63, 3.8) is 0 Å². The first-order chi connectivity index (χ1) is 14.8. The summed E-state index contributed by atoms with van der Waals surface area (Å²) < 4.78 is 0. The molecule has 168 valence electrons. The van der Waals surface area contributed by atoms with Gasteiger partial charge in [0.05, 0.1) is 17.9 Å². The zero-order valence-electron chi connectivity index (χ0n) is 18.5. The first-order valence-corrected chi connectivity index (χ1v) is 11.0. The average Bonchev–Trinajstić information content (AvgIpc) is 3.34. The Kier molecular flexibility index (Phi) is 7.30. The van der Waals surface area contributed by atoms with Crippen molar-refractivity contribution in [3.05, 3.63) is 35.9 Å². The molecule has 1 aromatic carbocycles. The highest BCUT2D eigenvalue weighted by atomic mass is 16.2. The number of hydrogen-bond acceptors (Lipinski definition) is 4. The summed E-state index contributed by atoms with van der Waals surface area (Å²) in [5, 5.41) is 5.61. The minimum atomic E-state index is -0.388. The van der Waals surface area contributed by atoms with Gasteiger partial charge in [-0.1, -0.05) is 30.3 Å². The van der Waals surface area contributed by atoms with Crippen molar-refractivity contribution in [2.24, 2.45) is 11.8 Å². The molecule has 3 rings (SSSR count). The minimum absolute atomic E-state index is 0.00337. The minimum Gasteiger partial charge on any atom is -0.354 e. The van der Waals surface area contributed by atoms with Gasteiger partial charge in [-0.25, -0.2) is 0 Å². The first kappa shape index (κ1) is 22.8. The van der Waals surface area contributed by atoms with E-state index in [1.165, 1.54) is 0 Å². The first-order valence-electron chi connectivity index (χ1n) is 11.0. The van der Waals surface area contributed by atoms with E-state index >= 15 is 0 Å². The molecule has 0 spiro atoms. The van der Waals surface area contributed by atoms with Crippen LogP contribution in [0.3, 0.4) is 0 Å². The SMILES string of the molecule is CC(C)N1CC(C(=O)NCCNC(=O)C2CC(=O)N(C(C)c3ccccc3)C2)CC1=O. The van der Waals surface area contributed by atoms with E-state index in [0.717, 1.165) is 5.56 Å². The van der Waals surface area contributed by atoms with Gasteiger partial charge < -0.3 is 20.4 Å². The van der Waals surface area contributed by atoms with Crippen LogP contribution < -0.4 is 10.6 Å². The quantitative estimate of drug-likeness (QED) is 0.606. The molecule has 2 heterocycles. The van der Waals surface area contributed by atoms with Crippen molar-refractivity contribution in [1.29, 1.82) is 0 Å². The summed E-state index contributed by atoms with van der Waals surface area (Å²) in [7, 11) is 0. The summed E-state index contributed by atoms with van der Waals surface area (Å²) in [5.41, 5.74) is 1.04. The maximum absolute atomic E-state index is 12.5. The average molecular weight is 429 g/mol. The fourth-order valence-electron chi connectivity index (χ4n) is 4.26. The van der Waals surface area contributed by atoms with Crippen LogP contribution in [0.2, 0.25) is 0 Å². The van der Waals surface area contributed by atoms with Crippen LogP contribution in [0, 0.1) is 11.8 Å². The lowest BCUT2D eigenvalue weighted by Gasteiger charge is -2.25. The molecule has 2 saturated heterocycles. The monoisotopic (exact) mass is 428 g/mol. The van der Waals surface area contributed by atoms with E-state index in [0.29, 0.717) is 19.6 Å². The van der Waals surface area contributed by atoms with Gasteiger partial charge in [0.1, 0.15) is 0 Å². The number of rotatable bonds is 8. The summed E-state index contributed by atoms with van der Waals surface area (Å²) >= 11 is 0. The summed E-state index contributed by atoms with van der Waals surface area (Å²) in [4.78, 5) is 52.6. The Morgan fingerprint density at radius 3 is 1.84 bits per heavy atom. The van der Waals surface area contributed by atoms with Crippen molar-refractivity contribution in [1.82, 2.24) is 20.4 Å². The Morgan fingerprint density at radius 2 is 1.35 bits per heavy atom. The van der Waals surface area contributed by atoms with Crippen LogP contribution in [0.1, 0.15) is 45.2 Å². The standard InChI is InChI=1S/C23H32N4O4/c1-15(2)26-13-18(11-20(26)28)22(30)24-9-10-25-23(31)19-12-21(29)27(14-19)16(3)17-7-5-4-6-8-17/h4-8,15-16,18-19H,9-14H2,1-3H3,(H,24,30)(H,25,31). The fourth-order valence-corrected chi connectivity index (χ4v) is 4.26. The second-order valence-electron chi connectivity index (χ2n) is 8.66. The van der Waals surface area contributed by atoms with Crippen LogP contribution in [-0.2, 0) is 19.2 Å². The molecule has 2 aliphatic rings. The predicted molar refractivity (Wildman–Crippen MR) is 116 cm³/mol. The third-order valence-corrected chi connectivity index (χ3v) is 6.15. The molecule has 31 heavy (non-hydrogen) atoms. The Balaban J connectivity index is 1.40. The van der Waals surface area contributed by atoms with Gasteiger partial charge in [0.2, 0.25) is 23.6 Å². The number of carbonyl (C=O) groups is 4. The van der Waals surface area contributed by atoms with Gasteiger partial charge in [0.15, 0.2) is 0 Å². The topological polar surface area (TPSA) is 98.8 Å². The smallest absolute Gasteiger partial charge is 0.225 e. The maximum atomic E-state index is 12.5. The van der Waals surface area contributed by atoms with E-state index in [1.54, 1.807) is 9.80 Å². The zero-order chi connectivity index (χ0) is 22.5. The van der Waals surface area contributed by atoms with Crippen molar-refractivity contribution >= 4 is 23.6 Å². The molecule has 8 heteroatoms. The van der Waals surface area contributed by atoms with Crippen molar-refractivity contribution in [2.75, 3.05) is 26.2 Å². The summed E-state index contributed by atoms with van der Waals surface area (Å²) in [6.07, 6.45) is 0.431. The Hall–Kier alpha value is -2.90. The number of benzene rings is 1. The normalized spacial score (nSPS) is 22.2. The number of carbonyl (C=O) groups excluding carboxylic acids is 4. The van der Waals surface area contributed by atoms with Crippen molar-refractivity contribution < 1.29 is 19.2 Å². The third kappa shape index (κ3) is 5.42. The predicted octanol–water partition coefficient (Wildman–Crippen LogP) is 1.09. The highest BCUT2D eigenvalue weighted by Gasteiger charge is 2.37. The molecule has 0 radical (unpaired) electrons. The number of likely N-dealkylation sites (tertiary alicyclic amines) is 2. The number of hydrogen-bond donors (Lipinski definition) is 2. The van der Waals surface area contributed by atoms with E-state index in [9.17, 15) is 19.2 Å². The van der Waals surface area contributed by atoms with E-state index < -0.39 is 0 Å².